The van der Waals surface area contributed by atoms with Crippen molar-refractivity contribution in [3.05, 3.63) is 48.2 Å². The van der Waals surface area contributed by atoms with Gasteiger partial charge in [-0.25, -0.2) is 13.8 Å². The van der Waals surface area contributed by atoms with Gasteiger partial charge in [-0.3, -0.25) is 19.0 Å². The molecule has 1 atom stereocenters. The zero-order valence-electron chi connectivity index (χ0n) is 17.3. The average molecular weight is 436 g/mol. The van der Waals surface area contributed by atoms with E-state index in [1.54, 1.807) is 42.2 Å². The fraction of sp³-hybridized carbons (Fsp3) is 0.273. The number of amides is 1. The number of hydrogen-bond acceptors (Lipinski definition) is 6. The maximum atomic E-state index is 13.2. The van der Waals surface area contributed by atoms with E-state index in [2.05, 4.69) is 25.5 Å². The molecule has 162 valence electrons. The number of nitrogens with one attached hydrogen (secondary N) is 1. The Labute approximate surface area is 180 Å². The molecule has 1 N–H and O–H groups in total. The maximum Gasteiger partial charge on any atom is 0.260 e. The number of hydrogen-bond donors (Lipinski definition) is 1. The molecule has 1 saturated carbocycles. The molecule has 1 amide bonds. The first kappa shape index (κ1) is 20.1. The number of alkyl halides is 2. The largest absolute Gasteiger partial charge is 0.310 e. The predicted molar refractivity (Wildman–Crippen MR) is 113 cm³/mol. The molecular weight excluding hydrogens is 418 g/mol. The molecule has 1 aliphatic carbocycles. The Bertz CT molecular complexity index is 1410. The van der Waals surface area contributed by atoms with Crippen LogP contribution in [0.25, 0.3) is 27.7 Å². The van der Waals surface area contributed by atoms with Crippen LogP contribution in [0.15, 0.2) is 36.9 Å². The van der Waals surface area contributed by atoms with Gasteiger partial charge in [0, 0.05) is 41.6 Å². The van der Waals surface area contributed by atoms with Gasteiger partial charge < -0.3 is 5.32 Å². The molecule has 10 heteroatoms. The van der Waals surface area contributed by atoms with Gasteiger partial charge >= 0.3 is 0 Å². The molecule has 0 aromatic carbocycles. The quantitative estimate of drug-likeness (QED) is 0.477. The lowest BCUT2D eigenvalue weighted by Gasteiger charge is -2.12. The van der Waals surface area contributed by atoms with E-state index in [0.717, 1.165) is 22.2 Å². The Kier molecular flexibility index (Phi) is 4.47. The Morgan fingerprint density at radius 1 is 1.22 bits per heavy atom. The molecule has 0 aliphatic heterocycles. The third-order valence-corrected chi connectivity index (χ3v) is 5.66. The number of halogens is 2. The van der Waals surface area contributed by atoms with E-state index < -0.39 is 24.2 Å². The predicted octanol–water partition coefficient (Wildman–Crippen LogP) is 3.83. The molecule has 5 rings (SSSR count). The van der Waals surface area contributed by atoms with Crippen molar-refractivity contribution in [2.45, 2.75) is 32.6 Å². The SMILES string of the molecule is CCC(=O)c1cc(C)c(-c2cc3cnc(NC(=O)[C@H]4CC4(F)F)cc3c3nncn23)cn1. The molecular formula is C22H18F2N6O2. The van der Waals surface area contributed by atoms with Crippen LogP contribution in [0.3, 0.4) is 0 Å². The first-order chi connectivity index (χ1) is 15.3. The van der Waals surface area contributed by atoms with Crippen molar-refractivity contribution in [1.82, 2.24) is 24.6 Å². The zero-order chi connectivity index (χ0) is 22.6. The minimum atomic E-state index is -2.95. The van der Waals surface area contributed by atoms with E-state index in [4.69, 9.17) is 0 Å². The first-order valence-corrected chi connectivity index (χ1v) is 10.1. The smallest absolute Gasteiger partial charge is 0.260 e. The van der Waals surface area contributed by atoms with Crippen molar-refractivity contribution in [3.8, 4) is 11.3 Å². The van der Waals surface area contributed by atoms with Crippen LogP contribution in [0, 0.1) is 12.8 Å². The van der Waals surface area contributed by atoms with E-state index >= 15 is 0 Å². The van der Waals surface area contributed by atoms with Crippen molar-refractivity contribution in [2.75, 3.05) is 5.32 Å². The van der Waals surface area contributed by atoms with Gasteiger partial charge in [-0.1, -0.05) is 6.92 Å². The zero-order valence-corrected chi connectivity index (χ0v) is 17.3. The molecule has 4 aromatic rings. The van der Waals surface area contributed by atoms with Gasteiger partial charge in [0.15, 0.2) is 11.4 Å². The molecule has 8 nitrogen and oxygen atoms in total. The summed E-state index contributed by atoms with van der Waals surface area (Å²) in [5.74, 6) is -4.87. The summed E-state index contributed by atoms with van der Waals surface area (Å²) in [5.41, 5.74) is 3.36. The number of aromatic nitrogens is 5. The summed E-state index contributed by atoms with van der Waals surface area (Å²) in [7, 11) is 0. The molecule has 4 aromatic heterocycles. The molecule has 1 aliphatic rings. The first-order valence-electron chi connectivity index (χ1n) is 10.1. The van der Waals surface area contributed by atoms with Crippen LogP contribution in [0.4, 0.5) is 14.6 Å². The van der Waals surface area contributed by atoms with Crippen LogP contribution in [0.2, 0.25) is 0 Å². The summed E-state index contributed by atoms with van der Waals surface area (Å²) >= 11 is 0. The normalized spacial score (nSPS) is 16.9. The molecule has 4 heterocycles. The molecule has 0 spiro atoms. The van der Waals surface area contributed by atoms with E-state index in [0.29, 0.717) is 23.1 Å². The second-order valence-electron chi connectivity index (χ2n) is 7.88. The monoisotopic (exact) mass is 436 g/mol. The number of nitrogens with zero attached hydrogens (tertiary/aromatic N) is 5. The molecule has 1 fully saturated rings. The summed E-state index contributed by atoms with van der Waals surface area (Å²) in [6.07, 6.45) is 4.68. The van der Waals surface area contributed by atoms with Gasteiger partial charge in [-0.15, -0.1) is 10.2 Å². The Morgan fingerprint density at radius 3 is 2.69 bits per heavy atom. The number of aryl methyl sites for hydroxylation is 1. The lowest BCUT2D eigenvalue weighted by Crippen LogP contribution is -2.18. The summed E-state index contributed by atoms with van der Waals surface area (Å²) in [6.45, 7) is 3.69. The van der Waals surface area contributed by atoms with E-state index in [1.165, 1.54) is 0 Å². The highest BCUT2D eigenvalue weighted by atomic mass is 19.3. The third-order valence-electron chi connectivity index (χ3n) is 5.66. The molecule has 0 radical (unpaired) electrons. The van der Waals surface area contributed by atoms with Crippen LogP contribution >= 0.6 is 0 Å². The second kappa shape index (κ2) is 7.11. The van der Waals surface area contributed by atoms with Crippen LogP contribution in [0.1, 0.15) is 35.8 Å². The van der Waals surface area contributed by atoms with Crippen LogP contribution in [0.5, 0.6) is 0 Å². The van der Waals surface area contributed by atoms with Crippen molar-refractivity contribution in [1.29, 1.82) is 0 Å². The Hall–Kier alpha value is -3.82. The second-order valence-corrected chi connectivity index (χ2v) is 7.88. The number of carbonyl (C=O) groups is 2. The fourth-order valence-corrected chi connectivity index (χ4v) is 3.73. The van der Waals surface area contributed by atoms with E-state index in [-0.39, 0.29) is 11.6 Å². The van der Waals surface area contributed by atoms with Gasteiger partial charge in [0.2, 0.25) is 5.91 Å². The lowest BCUT2D eigenvalue weighted by molar-refractivity contribution is -0.119. The van der Waals surface area contributed by atoms with Crippen LogP contribution < -0.4 is 5.32 Å². The van der Waals surface area contributed by atoms with Crippen LogP contribution in [-0.4, -0.2) is 42.2 Å². The van der Waals surface area contributed by atoms with Gasteiger partial charge in [0.05, 0.1) is 5.69 Å². The van der Waals surface area contributed by atoms with Crippen molar-refractivity contribution in [3.63, 3.8) is 0 Å². The number of ketones is 1. The average Bonchev–Trinajstić information content (AvgIpc) is 3.18. The van der Waals surface area contributed by atoms with Gasteiger partial charge in [0.1, 0.15) is 23.8 Å². The topological polar surface area (TPSA) is 102 Å². The Balaban J connectivity index is 1.57. The highest BCUT2D eigenvalue weighted by molar-refractivity contribution is 6.01. The molecule has 0 unspecified atom stereocenters. The summed E-state index contributed by atoms with van der Waals surface area (Å²) in [4.78, 5) is 32.5. The van der Waals surface area contributed by atoms with Gasteiger partial charge in [-0.2, -0.15) is 0 Å². The number of rotatable bonds is 5. The lowest BCUT2D eigenvalue weighted by atomic mass is 10.0. The standard InChI is InChI=1S/C22H18F2N6O2/c1-3-18(31)16-4-11(2)14(9-25-16)17-5-12-8-26-19(28-21(32)15-7-22(15,23)24)6-13(12)20-29-27-10-30(17)20/h4-6,8-10,15H,3,7H2,1-2H3,(H,26,28,32)/t15-/m1/s1. The van der Waals surface area contributed by atoms with Crippen molar-refractivity contribution < 1.29 is 18.4 Å². The number of fused-ring (bicyclic) bond motifs is 3. The summed E-state index contributed by atoms with van der Waals surface area (Å²) in [6, 6.07) is 5.23. The number of pyridine rings is 3. The maximum absolute atomic E-state index is 13.2. The number of anilines is 1. The Morgan fingerprint density at radius 2 is 2.00 bits per heavy atom. The number of carbonyl (C=O) groups excluding carboxylic acids is 2. The molecule has 32 heavy (non-hydrogen) atoms. The van der Waals surface area contributed by atoms with Crippen molar-refractivity contribution >= 4 is 33.9 Å². The van der Waals surface area contributed by atoms with E-state index in [1.807, 2.05) is 13.0 Å². The van der Waals surface area contributed by atoms with Crippen molar-refractivity contribution in [2.24, 2.45) is 5.92 Å². The fourth-order valence-electron chi connectivity index (χ4n) is 3.73. The molecule has 0 saturated heterocycles. The third kappa shape index (κ3) is 3.28. The van der Waals surface area contributed by atoms with Crippen LogP contribution in [-0.2, 0) is 4.79 Å². The molecule has 0 bridgehead atoms. The minimum absolute atomic E-state index is 0.0321. The van der Waals surface area contributed by atoms with Gasteiger partial charge in [-0.05, 0) is 30.7 Å². The summed E-state index contributed by atoms with van der Waals surface area (Å²) in [5, 5.41) is 12.0. The highest BCUT2D eigenvalue weighted by Crippen LogP contribution is 2.49. The number of Topliss-reactive ketones (excluding diaryl/α,β-unsaturated/α-hetero) is 1. The van der Waals surface area contributed by atoms with E-state index in [9.17, 15) is 18.4 Å². The minimum Gasteiger partial charge on any atom is -0.310 e. The summed E-state index contributed by atoms with van der Waals surface area (Å²) < 4.78 is 28.1. The highest BCUT2D eigenvalue weighted by Gasteiger charge is 2.61. The van der Waals surface area contributed by atoms with Gasteiger partial charge in [0.25, 0.3) is 5.92 Å².